The predicted molar refractivity (Wildman–Crippen MR) is 88.2 cm³/mol. The maximum Gasteiger partial charge on any atom is 0.242 e. The molecule has 0 bridgehead atoms. The van der Waals surface area contributed by atoms with Crippen LogP contribution >= 0.6 is 11.8 Å². The molecule has 0 aromatic carbocycles. The first kappa shape index (κ1) is 16.9. The molecule has 0 atom stereocenters. The summed E-state index contributed by atoms with van der Waals surface area (Å²) >= 11 is 1.89. The Labute approximate surface area is 131 Å². The van der Waals surface area contributed by atoms with Crippen molar-refractivity contribution in [2.24, 2.45) is 0 Å². The fraction of sp³-hybridized carbons (Fsp3) is 0.714. The maximum absolute atomic E-state index is 12.5. The van der Waals surface area contributed by atoms with Gasteiger partial charge in [0.15, 0.2) is 0 Å². The van der Waals surface area contributed by atoms with Gasteiger partial charge in [-0.3, -0.25) is 0 Å². The number of rotatable bonds is 7. The second-order valence-electron chi connectivity index (χ2n) is 5.40. The average molecular weight is 332 g/mol. The van der Waals surface area contributed by atoms with E-state index >= 15 is 0 Å². The van der Waals surface area contributed by atoms with E-state index in [2.05, 4.69) is 17.0 Å². The number of aromatic nitrogens is 1. The molecule has 5 nitrogen and oxygen atoms in total. The van der Waals surface area contributed by atoms with Crippen LogP contribution in [0.1, 0.15) is 31.9 Å². The lowest BCUT2D eigenvalue weighted by Gasteiger charge is -2.21. The number of nitrogens with one attached hydrogen (secondary N) is 2. The molecule has 0 aliphatic carbocycles. The van der Waals surface area contributed by atoms with E-state index < -0.39 is 10.0 Å². The average Bonchev–Trinajstić information content (AvgIpc) is 2.85. The Hall–Kier alpha value is -0.500. The minimum Gasteiger partial charge on any atom is -0.349 e. The van der Waals surface area contributed by atoms with Gasteiger partial charge in [-0.2, -0.15) is 11.8 Å². The van der Waals surface area contributed by atoms with Crippen LogP contribution in [-0.2, 0) is 23.1 Å². The predicted octanol–water partition coefficient (Wildman–Crippen LogP) is 1.79. The zero-order valence-corrected chi connectivity index (χ0v) is 14.4. The van der Waals surface area contributed by atoms with Crippen LogP contribution in [0.2, 0.25) is 0 Å². The van der Waals surface area contributed by atoms with Gasteiger partial charge in [0.05, 0.1) is 4.90 Å². The molecule has 0 radical (unpaired) electrons. The SMILES string of the molecule is CCCn1cc(S(=O)(=O)NC2CCSCC2)cc1CNC. The van der Waals surface area contributed by atoms with Crippen molar-refractivity contribution in [1.82, 2.24) is 14.6 Å². The summed E-state index contributed by atoms with van der Waals surface area (Å²) in [6, 6.07) is 1.87. The van der Waals surface area contributed by atoms with Crippen molar-refractivity contribution >= 4 is 21.8 Å². The lowest BCUT2D eigenvalue weighted by atomic mass is 10.2. The molecule has 2 heterocycles. The molecule has 2 N–H and O–H groups in total. The van der Waals surface area contributed by atoms with Crippen LogP contribution in [0.15, 0.2) is 17.2 Å². The molecule has 7 heteroatoms. The first-order valence-corrected chi connectivity index (χ1v) is 10.1. The van der Waals surface area contributed by atoms with Gasteiger partial charge in [-0.25, -0.2) is 13.1 Å². The number of hydrogen-bond donors (Lipinski definition) is 2. The number of hydrogen-bond acceptors (Lipinski definition) is 4. The molecule has 0 spiro atoms. The Bertz CT molecular complexity index is 525. The Balaban J connectivity index is 2.16. The van der Waals surface area contributed by atoms with Crippen molar-refractivity contribution in [2.75, 3.05) is 18.6 Å². The molecule has 1 aliphatic heterocycles. The first-order valence-electron chi connectivity index (χ1n) is 7.50. The topological polar surface area (TPSA) is 63.1 Å². The van der Waals surface area contributed by atoms with Crippen molar-refractivity contribution in [3.05, 3.63) is 18.0 Å². The largest absolute Gasteiger partial charge is 0.349 e. The molecule has 21 heavy (non-hydrogen) atoms. The van der Waals surface area contributed by atoms with Crippen molar-refractivity contribution in [3.8, 4) is 0 Å². The quantitative estimate of drug-likeness (QED) is 0.800. The van der Waals surface area contributed by atoms with Crippen molar-refractivity contribution < 1.29 is 8.42 Å². The third-order valence-corrected chi connectivity index (χ3v) is 6.17. The summed E-state index contributed by atoms with van der Waals surface area (Å²) in [6.45, 7) is 3.61. The first-order chi connectivity index (χ1) is 10.1. The van der Waals surface area contributed by atoms with Gasteiger partial charge in [-0.15, -0.1) is 0 Å². The van der Waals surface area contributed by atoms with E-state index in [1.165, 1.54) is 0 Å². The summed E-state index contributed by atoms with van der Waals surface area (Å²) in [7, 11) is -1.54. The molecular weight excluding hydrogens is 306 g/mol. The highest BCUT2D eigenvalue weighted by Crippen LogP contribution is 2.20. The van der Waals surface area contributed by atoms with Gasteiger partial charge >= 0.3 is 0 Å². The molecule has 1 fully saturated rings. The van der Waals surface area contributed by atoms with E-state index in [9.17, 15) is 8.42 Å². The third-order valence-electron chi connectivity index (χ3n) is 3.64. The van der Waals surface area contributed by atoms with E-state index in [1.54, 1.807) is 12.3 Å². The van der Waals surface area contributed by atoms with Gasteiger partial charge < -0.3 is 9.88 Å². The fourth-order valence-corrected chi connectivity index (χ4v) is 5.03. The lowest BCUT2D eigenvalue weighted by Crippen LogP contribution is -2.37. The maximum atomic E-state index is 12.5. The summed E-state index contributed by atoms with van der Waals surface area (Å²) in [5.74, 6) is 2.07. The molecule has 2 rings (SSSR count). The van der Waals surface area contributed by atoms with Crippen molar-refractivity contribution in [2.45, 2.75) is 50.2 Å². The lowest BCUT2D eigenvalue weighted by molar-refractivity contribution is 0.528. The highest BCUT2D eigenvalue weighted by molar-refractivity contribution is 7.99. The van der Waals surface area contributed by atoms with Gasteiger partial charge in [0, 0.05) is 31.0 Å². The summed E-state index contributed by atoms with van der Waals surface area (Å²) in [6.07, 6.45) is 4.58. The van der Waals surface area contributed by atoms with Crippen LogP contribution in [0.3, 0.4) is 0 Å². The van der Waals surface area contributed by atoms with Gasteiger partial charge in [0.1, 0.15) is 0 Å². The standard InChI is InChI=1S/C14H25N3O2S2/c1-3-6-17-11-14(9-13(17)10-15-2)21(18,19)16-12-4-7-20-8-5-12/h9,11-12,15-16H,3-8,10H2,1-2H3. The van der Waals surface area contributed by atoms with E-state index in [1.807, 2.05) is 23.4 Å². The normalized spacial score (nSPS) is 17.2. The number of aryl methyl sites for hydroxylation is 1. The minimum atomic E-state index is -3.41. The monoisotopic (exact) mass is 331 g/mol. The molecule has 120 valence electrons. The number of thioether (sulfide) groups is 1. The summed E-state index contributed by atoms with van der Waals surface area (Å²) < 4.78 is 29.9. The second kappa shape index (κ2) is 7.67. The van der Waals surface area contributed by atoms with Crippen molar-refractivity contribution in [1.29, 1.82) is 0 Å². The highest BCUT2D eigenvalue weighted by atomic mass is 32.2. The number of nitrogens with zero attached hydrogens (tertiary/aromatic N) is 1. The van der Waals surface area contributed by atoms with E-state index in [4.69, 9.17) is 0 Å². The van der Waals surface area contributed by atoms with Crippen LogP contribution < -0.4 is 10.0 Å². The molecule has 1 aromatic heterocycles. The molecule has 0 unspecified atom stereocenters. The Morgan fingerprint density at radius 3 is 2.71 bits per heavy atom. The Kier molecular flexibility index (Phi) is 6.16. The molecule has 0 amide bonds. The minimum absolute atomic E-state index is 0.0820. The molecule has 0 saturated carbocycles. The smallest absolute Gasteiger partial charge is 0.242 e. The van der Waals surface area contributed by atoms with E-state index in [0.717, 1.165) is 43.0 Å². The third kappa shape index (κ3) is 4.48. The highest BCUT2D eigenvalue weighted by Gasteiger charge is 2.23. The number of sulfonamides is 1. The fourth-order valence-electron chi connectivity index (χ4n) is 2.55. The molecule has 1 aliphatic rings. The van der Waals surface area contributed by atoms with Gasteiger partial charge in [0.25, 0.3) is 0 Å². The van der Waals surface area contributed by atoms with Crippen LogP contribution in [0.4, 0.5) is 0 Å². The van der Waals surface area contributed by atoms with Crippen LogP contribution in [0.25, 0.3) is 0 Å². The van der Waals surface area contributed by atoms with Gasteiger partial charge in [-0.1, -0.05) is 6.92 Å². The Morgan fingerprint density at radius 2 is 2.10 bits per heavy atom. The Morgan fingerprint density at radius 1 is 1.38 bits per heavy atom. The van der Waals surface area contributed by atoms with Crippen molar-refractivity contribution in [3.63, 3.8) is 0 Å². The van der Waals surface area contributed by atoms with Crippen LogP contribution in [-0.4, -0.2) is 37.6 Å². The van der Waals surface area contributed by atoms with Crippen LogP contribution in [0, 0.1) is 0 Å². The van der Waals surface area contributed by atoms with E-state index in [-0.39, 0.29) is 6.04 Å². The van der Waals surface area contributed by atoms with Gasteiger partial charge in [0.2, 0.25) is 10.0 Å². The van der Waals surface area contributed by atoms with E-state index in [0.29, 0.717) is 11.4 Å². The van der Waals surface area contributed by atoms with Crippen LogP contribution in [0.5, 0.6) is 0 Å². The zero-order chi connectivity index (χ0) is 15.3. The molecule has 1 saturated heterocycles. The zero-order valence-electron chi connectivity index (χ0n) is 12.8. The summed E-state index contributed by atoms with van der Waals surface area (Å²) in [5, 5.41) is 3.09. The second-order valence-corrected chi connectivity index (χ2v) is 8.34. The molecular formula is C14H25N3O2S2. The summed E-state index contributed by atoms with van der Waals surface area (Å²) in [5.41, 5.74) is 1.01. The molecule has 1 aromatic rings. The van der Waals surface area contributed by atoms with Gasteiger partial charge in [-0.05, 0) is 43.9 Å². The summed E-state index contributed by atoms with van der Waals surface area (Å²) in [4.78, 5) is 0.388.